The van der Waals surface area contributed by atoms with Crippen molar-refractivity contribution in [2.45, 2.75) is 5.16 Å². The molecule has 2 N–H and O–H groups in total. The van der Waals surface area contributed by atoms with Gasteiger partial charge >= 0.3 is 0 Å². The molecule has 3 rings (SSSR count). The molecule has 0 spiro atoms. The number of nitrogens with two attached hydrogens (primary N) is 1. The Balaban J connectivity index is 2.15. The fraction of sp³-hybridized carbons (Fsp3) is 0.111. The summed E-state index contributed by atoms with van der Waals surface area (Å²) in [6, 6.07) is 3.73. The first-order chi connectivity index (χ1) is 7.84. The summed E-state index contributed by atoms with van der Waals surface area (Å²) in [6.45, 7) is 0. The minimum atomic E-state index is 0.576. The molecule has 0 aliphatic carbocycles. The van der Waals surface area contributed by atoms with Crippen molar-refractivity contribution >= 4 is 17.6 Å². The van der Waals surface area contributed by atoms with Crippen LogP contribution in [-0.4, -0.2) is 31.4 Å². The highest BCUT2D eigenvalue weighted by atomic mass is 32.2. The second-order valence-corrected chi connectivity index (χ2v) is 4.18. The lowest BCUT2D eigenvalue weighted by atomic mass is 10.2. The van der Waals surface area contributed by atoms with E-state index in [9.17, 15) is 0 Å². The van der Waals surface area contributed by atoms with E-state index < -0.39 is 0 Å². The molecule has 0 atom stereocenters. The number of thioether (sulfide) groups is 1. The average molecular weight is 232 g/mol. The van der Waals surface area contributed by atoms with Gasteiger partial charge in [0.1, 0.15) is 5.84 Å². The Morgan fingerprint density at radius 3 is 2.88 bits per heavy atom. The predicted octanol–water partition coefficient (Wildman–Crippen LogP) is 0.566. The number of hydrogen-bond acceptors (Lipinski definition) is 6. The molecule has 80 valence electrons. The van der Waals surface area contributed by atoms with Crippen LogP contribution >= 0.6 is 11.8 Å². The average Bonchev–Trinajstić information content (AvgIpc) is 2.73. The molecule has 6 nitrogen and oxygen atoms in total. The van der Waals surface area contributed by atoms with Crippen molar-refractivity contribution < 1.29 is 0 Å². The van der Waals surface area contributed by atoms with Gasteiger partial charge in [-0.2, -0.15) is 9.78 Å². The van der Waals surface area contributed by atoms with Crippen LogP contribution in [0.1, 0.15) is 0 Å². The van der Waals surface area contributed by atoms with E-state index in [2.05, 4.69) is 20.3 Å². The van der Waals surface area contributed by atoms with Crippen LogP contribution in [0.3, 0.4) is 0 Å². The van der Waals surface area contributed by atoms with Gasteiger partial charge in [0, 0.05) is 18.0 Å². The highest BCUT2D eigenvalue weighted by molar-refractivity contribution is 7.99. The number of hydrogen-bond donors (Lipinski definition) is 1. The molecule has 1 aliphatic heterocycles. The molecule has 0 amide bonds. The van der Waals surface area contributed by atoms with Crippen LogP contribution < -0.4 is 5.73 Å². The lowest BCUT2D eigenvalue weighted by Crippen LogP contribution is -2.20. The Morgan fingerprint density at radius 1 is 1.25 bits per heavy atom. The molecule has 2 aromatic rings. The molecular formula is C9H8N6S. The van der Waals surface area contributed by atoms with Crippen molar-refractivity contribution in [1.82, 2.24) is 19.9 Å². The first-order valence-corrected chi connectivity index (χ1v) is 5.65. The van der Waals surface area contributed by atoms with E-state index >= 15 is 0 Å². The second-order valence-electron chi connectivity index (χ2n) is 3.23. The van der Waals surface area contributed by atoms with Crippen LogP contribution in [-0.2, 0) is 0 Å². The maximum Gasteiger partial charge on any atom is 0.212 e. The van der Waals surface area contributed by atoms with E-state index in [1.54, 1.807) is 17.1 Å². The van der Waals surface area contributed by atoms with E-state index in [4.69, 9.17) is 5.73 Å². The van der Waals surface area contributed by atoms with Gasteiger partial charge in [-0.15, -0.1) is 10.2 Å². The summed E-state index contributed by atoms with van der Waals surface area (Å²) in [6.07, 6.45) is 3.42. The highest BCUT2D eigenvalue weighted by Gasteiger charge is 2.18. The summed E-state index contributed by atoms with van der Waals surface area (Å²) in [5, 5.41) is 13.2. The molecule has 3 heterocycles. The molecule has 0 aromatic carbocycles. The maximum absolute atomic E-state index is 5.70. The fourth-order valence-corrected chi connectivity index (χ4v) is 2.11. The SMILES string of the molecule is NC1=Nn2c(nnc2-c2ccncc2)SC1. The van der Waals surface area contributed by atoms with Gasteiger partial charge in [-0.1, -0.05) is 11.8 Å². The molecule has 0 saturated carbocycles. The topological polar surface area (TPSA) is 82.0 Å². The van der Waals surface area contributed by atoms with E-state index in [1.165, 1.54) is 11.8 Å². The Hall–Kier alpha value is -1.89. The molecule has 16 heavy (non-hydrogen) atoms. The largest absolute Gasteiger partial charge is 0.385 e. The lowest BCUT2D eigenvalue weighted by molar-refractivity contribution is 0.760. The molecule has 7 heteroatoms. The molecular weight excluding hydrogens is 224 g/mol. The zero-order chi connectivity index (χ0) is 11.0. The van der Waals surface area contributed by atoms with Crippen molar-refractivity contribution in [3.8, 4) is 11.4 Å². The number of aromatic nitrogens is 4. The molecule has 0 unspecified atom stereocenters. The van der Waals surface area contributed by atoms with Gasteiger partial charge in [0.2, 0.25) is 5.16 Å². The first-order valence-electron chi connectivity index (χ1n) is 4.66. The Kier molecular flexibility index (Phi) is 2.10. The third-order valence-corrected chi connectivity index (χ3v) is 3.08. The monoisotopic (exact) mass is 232 g/mol. The van der Waals surface area contributed by atoms with Gasteiger partial charge in [-0.25, -0.2) is 0 Å². The van der Waals surface area contributed by atoms with E-state index in [-0.39, 0.29) is 0 Å². The summed E-state index contributed by atoms with van der Waals surface area (Å²) >= 11 is 1.53. The Morgan fingerprint density at radius 2 is 2.06 bits per heavy atom. The van der Waals surface area contributed by atoms with Crippen LogP contribution in [0.15, 0.2) is 34.8 Å². The van der Waals surface area contributed by atoms with Crippen LogP contribution in [0.5, 0.6) is 0 Å². The van der Waals surface area contributed by atoms with Crippen LogP contribution in [0.25, 0.3) is 11.4 Å². The predicted molar refractivity (Wildman–Crippen MR) is 61.0 cm³/mol. The zero-order valence-electron chi connectivity index (χ0n) is 8.24. The Bertz CT molecular complexity index is 546. The summed E-state index contributed by atoms with van der Waals surface area (Å²) < 4.78 is 1.67. The summed E-state index contributed by atoms with van der Waals surface area (Å²) in [4.78, 5) is 3.96. The van der Waals surface area contributed by atoms with Gasteiger partial charge in [-0.3, -0.25) is 4.98 Å². The quantitative estimate of drug-likeness (QED) is 0.777. The number of pyridine rings is 1. The van der Waals surface area contributed by atoms with Gasteiger partial charge in [0.25, 0.3) is 0 Å². The second kappa shape index (κ2) is 3.60. The minimum absolute atomic E-state index is 0.576. The van der Waals surface area contributed by atoms with E-state index in [1.807, 2.05) is 12.1 Å². The van der Waals surface area contributed by atoms with Crippen molar-refractivity contribution in [3.05, 3.63) is 24.5 Å². The number of amidine groups is 1. The van der Waals surface area contributed by atoms with Crippen molar-refractivity contribution in [2.75, 3.05) is 5.75 Å². The normalized spacial score (nSPS) is 14.4. The van der Waals surface area contributed by atoms with Crippen molar-refractivity contribution in [1.29, 1.82) is 0 Å². The molecule has 2 aromatic heterocycles. The zero-order valence-corrected chi connectivity index (χ0v) is 9.05. The molecule has 0 fully saturated rings. The van der Waals surface area contributed by atoms with Gasteiger partial charge in [0.05, 0.1) is 5.75 Å². The summed E-state index contributed by atoms with van der Waals surface area (Å²) in [5.41, 5.74) is 6.62. The molecule has 1 aliphatic rings. The third kappa shape index (κ3) is 1.45. The van der Waals surface area contributed by atoms with Crippen molar-refractivity contribution in [2.24, 2.45) is 10.8 Å². The maximum atomic E-state index is 5.70. The number of rotatable bonds is 1. The molecule has 0 bridgehead atoms. The minimum Gasteiger partial charge on any atom is -0.385 e. The standard InChI is InChI=1S/C9H8N6S/c10-7-5-16-9-13-12-8(15(9)14-7)6-1-3-11-4-2-6/h1-4H,5H2,(H2,10,14). The fourth-order valence-electron chi connectivity index (χ4n) is 1.42. The lowest BCUT2D eigenvalue weighted by Gasteiger charge is -2.09. The van der Waals surface area contributed by atoms with Crippen LogP contribution in [0.2, 0.25) is 0 Å². The summed E-state index contributed by atoms with van der Waals surface area (Å²) in [5.74, 6) is 1.93. The number of fused-ring (bicyclic) bond motifs is 1. The highest BCUT2D eigenvalue weighted by Crippen LogP contribution is 2.25. The van der Waals surface area contributed by atoms with E-state index in [0.29, 0.717) is 17.4 Å². The van der Waals surface area contributed by atoms with Gasteiger partial charge in [0.15, 0.2) is 5.82 Å². The summed E-state index contributed by atoms with van der Waals surface area (Å²) in [7, 11) is 0. The smallest absolute Gasteiger partial charge is 0.212 e. The Labute approximate surface area is 95.6 Å². The van der Waals surface area contributed by atoms with Crippen LogP contribution in [0, 0.1) is 0 Å². The van der Waals surface area contributed by atoms with Crippen LogP contribution in [0.4, 0.5) is 0 Å². The van der Waals surface area contributed by atoms with Gasteiger partial charge < -0.3 is 5.73 Å². The van der Waals surface area contributed by atoms with Crippen molar-refractivity contribution in [3.63, 3.8) is 0 Å². The molecule has 0 radical (unpaired) electrons. The molecule has 0 saturated heterocycles. The number of nitrogens with zero attached hydrogens (tertiary/aromatic N) is 5. The van der Waals surface area contributed by atoms with Gasteiger partial charge in [-0.05, 0) is 12.1 Å². The first kappa shape index (κ1) is 9.34. The third-order valence-electron chi connectivity index (χ3n) is 2.13. The van der Waals surface area contributed by atoms with E-state index in [0.717, 1.165) is 10.7 Å².